The first-order chi connectivity index (χ1) is 13.1. The molecule has 0 aliphatic rings. The van der Waals surface area contributed by atoms with Gasteiger partial charge in [-0.05, 0) is 32.1 Å². The summed E-state index contributed by atoms with van der Waals surface area (Å²) < 4.78 is 4.57. The van der Waals surface area contributed by atoms with Gasteiger partial charge >= 0.3 is 17.9 Å². The summed E-state index contributed by atoms with van der Waals surface area (Å²) in [6, 6.07) is 0. The van der Waals surface area contributed by atoms with E-state index < -0.39 is 17.9 Å². The van der Waals surface area contributed by atoms with Crippen LogP contribution in [0.5, 0.6) is 0 Å². The van der Waals surface area contributed by atoms with Gasteiger partial charge in [0.05, 0.1) is 12.8 Å². The van der Waals surface area contributed by atoms with Crippen molar-refractivity contribution in [1.29, 1.82) is 0 Å². The minimum Gasteiger partial charge on any atom is -0.481 e. The summed E-state index contributed by atoms with van der Waals surface area (Å²) in [5, 5.41) is 8.45. The lowest BCUT2D eigenvalue weighted by Crippen LogP contribution is -2.13. The first-order valence-electron chi connectivity index (χ1n) is 10.7. The molecule has 0 aliphatic carbocycles. The molecule has 0 aliphatic heterocycles. The summed E-state index contributed by atoms with van der Waals surface area (Å²) in [6.45, 7) is 2.24. The molecular formula is C22H38O5. The van der Waals surface area contributed by atoms with Crippen LogP contribution in [-0.4, -0.2) is 23.0 Å². The summed E-state index contributed by atoms with van der Waals surface area (Å²) in [5.74, 6) is -2.38. The Morgan fingerprint density at radius 2 is 1.15 bits per heavy atom. The van der Waals surface area contributed by atoms with E-state index in [1.165, 1.54) is 51.4 Å². The molecule has 27 heavy (non-hydrogen) atoms. The number of esters is 2. The molecule has 0 saturated carbocycles. The van der Waals surface area contributed by atoms with Crippen molar-refractivity contribution in [3.05, 3.63) is 12.2 Å². The molecule has 0 rings (SSSR count). The zero-order valence-corrected chi connectivity index (χ0v) is 17.0. The minimum absolute atomic E-state index is 0.219. The van der Waals surface area contributed by atoms with Gasteiger partial charge < -0.3 is 9.84 Å². The molecule has 5 nitrogen and oxygen atoms in total. The third-order valence-electron chi connectivity index (χ3n) is 4.41. The molecule has 156 valence electrons. The molecule has 0 aromatic rings. The number of carboxylic acids is 1. The summed E-state index contributed by atoms with van der Waals surface area (Å²) >= 11 is 0. The van der Waals surface area contributed by atoms with E-state index in [9.17, 15) is 14.4 Å². The van der Waals surface area contributed by atoms with Gasteiger partial charge in [-0.3, -0.25) is 14.4 Å². The second kappa shape index (κ2) is 19.1. The highest BCUT2D eigenvalue weighted by Gasteiger charge is 2.11. The van der Waals surface area contributed by atoms with Gasteiger partial charge in [-0.2, -0.15) is 0 Å². The molecular weight excluding hydrogens is 344 g/mol. The van der Waals surface area contributed by atoms with Crippen LogP contribution in [0.1, 0.15) is 110 Å². The third-order valence-corrected chi connectivity index (χ3v) is 4.41. The number of allylic oxidation sites excluding steroid dienone is 2. The lowest BCUT2D eigenvalue weighted by molar-refractivity contribution is -0.161. The minimum atomic E-state index is -1.07. The molecule has 0 saturated heterocycles. The molecule has 0 fully saturated rings. The molecule has 0 aromatic heterocycles. The monoisotopic (exact) mass is 382 g/mol. The highest BCUT2D eigenvalue weighted by atomic mass is 16.6. The van der Waals surface area contributed by atoms with E-state index in [1.807, 2.05) is 0 Å². The van der Waals surface area contributed by atoms with Gasteiger partial charge in [0.15, 0.2) is 0 Å². The second-order valence-corrected chi connectivity index (χ2v) is 7.07. The Morgan fingerprint density at radius 3 is 1.70 bits per heavy atom. The third kappa shape index (κ3) is 20.5. The fraction of sp³-hybridized carbons (Fsp3) is 0.773. The number of carbonyl (C=O) groups excluding carboxylic acids is 2. The fourth-order valence-electron chi connectivity index (χ4n) is 2.78. The van der Waals surface area contributed by atoms with Crippen LogP contribution >= 0.6 is 0 Å². The number of hydrogen-bond acceptors (Lipinski definition) is 4. The smallest absolute Gasteiger partial charge is 0.314 e. The molecule has 5 heteroatoms. The zero-order valence-electron chi connectivity index (χ0n) is 17.0. The van der Waals surface area contributed by atoms with Gasteiger partial charge in [-0.15, -0.1) is 0 Å². The van der Waals surface area contributed by atoms with Crippen molar-refractivity contribution in [2.45, 2.75) is 110 Å². The van der Waals surface area contributed by atoms with Gasteiger partial charge in [-0.1, -0.05) is 70.4 Å². The lowest BCUT2D eigenvalue weighted by atomic mass is 10.1. The van der Waals surface area contributed by atoms with Crippen molar-refractivity contribution in [3.8, 4) is 0 Å². The maximum absolute atomic E-state index is 11.4. The van der Waals surface area contributed by atoms with Gasteiger partial charge in [0.25, 0.3) is 0 Å². The molecule has 0 aromatic carbocycles. The zero-order chi connectivity index (χ0) is 20.2. The van der Waals surface area contributed by atoms with Crippen LogP contribution in [-0.2, 0) is 19.1 Å². The van der Waals surface area contributed by atoms with Crippen molar-refractivity contribution in [1.82, 2.24) is 0 Å². The number of hydrogen-bond donors (Lipinski definition) is 1. The number of ether oxygens (including phenoxy) is 1. The topological polar surface area (TPSA) is 80.7 Å². The number of aliphatic carboxylic acids is 1. The van der Waals surface area contributed by atoms with Crippen LogP contribution in [0, 0.1) is 0 Å². The van der Waals surface area contributed by atoms with E-state index in [-0.39, 0.29) is 19.3 Å². The maximum atomic E-state index is 11.4. The average Bonchev–Trinajstić information content (AvgIpc) is 2.63. The van der Waals surface area contributed by atoms with Crippen molar-refractivity contribution in [3.63, 3.8) is 0 Å². The Labute approximate surface area is 164 Å². The van der Waals surface area contributed by atoms with E-state index in [0.29, 0.717) is 6.42 Å². The summed E-state index contributed by atoms with van der Waals surface area (Å²) in [6.07, 6.45) is 19.7. The Morgan fingerprint density at radius 1 is 0.667 bits per heavy atom. The molecule has 0 spiro atoms. The quantitative estimate of drug-likeness (QED) is 0.137. The highest BCUT2D eigenvalue weighted by Crippen LogP contribution is 2.10. The van der Waals surface area contributed by atoms with Crippen LogP contribution < -0.4 is 0 Å². The van der Waals surface area contributed by atoms with Gasteiger partial charge in [0.1, 0.15) is 0 Å². The second-order valence-electron chi connectivity index (χ2n) is 7.07. The normalized spacial score (nSPS) is 11.0. The lowest BCUT2D eigenvalue weighted by Gasteiger charge is -2.02. The molecule has 0 heterocycles. The predicted molar refractivity (Wildman–Crippen MR) is 107 cm³/mol. The van der Waals surface area contributed by atoms with Gasteiger partial charge in [0.2, 0.25) is 0 Å². The van der Waals surface area contributed by atoms with E-state index in [4.69, 9.17) is 5.11 Å². The number of rotatable bonds is 18. The summed E-state index contributed by atoms with van der Waals surface area (Å²) in [4.78, 5) is 33.0. The average molecular weight is 383 g/mol. The van der Waals surface area contributed by atoms with Crippen molar-refractivity contribution in [2.24, 2.45) is 0 Å². The Bertz CT molecular complexity index is 428. The highest BCUT2D eigenvalue weighted by molar-refractivity contribution is 5.86. The van der Waals surface area contributed by atoms with E-state index in [2.05, 4.69) is 23.8 Å². The van der Waals surface area contributed by atoms with Crippen LogP contribution in [0.3, 0.4) is 0 Å². The Kier molecular flexibility index (Phi) is 18.0. The van der Waals surface area contributed by atoms with E-state index in [0.717, 1.165) is 25.7 Å². The van der Waals surface area contributed by atoms with Crippen LogP contribution in [0.15, 0.2) is 12.2 Å². The molecule has 0 unspecified atom stereocenters. The van der Waals surface area contributed by atoms with Crippen molar-refractivity contribution in [2.75, 3.05) is 0 Å². The van der Waals surface area contributed by atoms with Crippen LogP contribution in [0.4, 0.5) is 0 Å². The van der Waals surface area contributed by atoms with Crippen molar-refractivity contribution >= 4 is 17.9 Å². The van der Waals surface area contributed by atoms with Gasteiger partial charge in [-0.25, -0.2) is 0 Å². The summed E-state index contributed by atoms with van der Waals surface area (Å²) in [7, 11) is 0. The molecule has 0 bridgehead atoms. The first kappa shape index (κ1) is 25.4. The molecule has 0 amide bonds. The van der Waals surface area contributed by atoms with Gasteiger partial charge in [0, 0.05) is 6.42 Å². The molecule has 1 N–H and O–H groups in total. The Balaban J connectivity index is 3.34. The van der Waals surface area contributed by atoms with Crippen molar-refractivity contribution < 1.29 is 24.2 Å². The number of carboxylic acid groups (broad SMARTS) is 1. The molecule has 0 atom stereocenters. The fourth-order valence-corrected chi connectivity index (χ4v) is 2.78. The SMILES string of the molecule is CCCCCCCC/C=C\CCCCCCCC(=O)OC(=O)CCC(=O)O. The standard InChI is InChI=1S/C22H38O5/c1-2-3-4-5-6-7-8-9-10-11-12-13-14-15-16-17-21(25)27-22(26)19-18-20(23)24/h9-10H,2-8,11-19H2,1H3,(H,23,24)/b10-9-. The van der Waals surface area contributed by atoms with E-state index in [1.54, 1.807) is 0 Å². The summed E-state index contributed by atoms with van der Waals surface area (Å²) in [5.41, 5.74) is 0. The predicted octanol–water partition coefficient (Wildman–Crippen LogP) is 5.96. The first-order valence-corrected chi connectivity index (χ1v) is 10.7. The number of carbonyl (C=O) groups is 3. The Hall–Kier alpha value is -1.65. The molecule has 0 radical (unpaired) electrons. The van der Waals surface area contributed by atoms with Crippen LogP contribution in [0.2, 0.25) is 0 Å². The number of unbranched alkanes of at least 4 members (excludes halogenated alkanes) is 11. The largest absolute Gasteiger partial charge is 0.481 e. The van der Waals surface area contributed by atoms with Crippen LogP contribution in [0.25, 0.3) is 0 Å². The van der Waals surface area contributed by atoms with E-state index >= 15 is 0 Å². The maximum Gasteiger partial charge on any atom is 0.314 e.